The van der Waals surface area contributed by atoms with Crippen molar-refractivity contribution in [2.75, 3.05) is 0 Å². The van der Waals surface area contributed by atoms with Gasteiger partial charge in [-0.15, -0.1) is 0 Å². The fourth-order valence-electron chi connectivity index (χ4n) is 5.74. The first-order valence-electron chi connectivity index (χ1n) is 14.6. The summed E-state index contributed by atoms with van der Waals surface area (Å²) < 4.78 is 20.5. The minimum absolute atomic E-state index is 0.0154. The highest BCUT2D eigenvalue weighted by atomic mass is 19.1. The molecule has 7 rings (SSSR count). The largest absolute Gasteiger partial charge is 0.478 e. The molecule has 5 nitrogen and oxygen atoms in total. The molecule has 0 fully saturated rings. The van der Waals surface area contributed by atoms with Crippen molar-refractivity contribution in [1.29, 1.82) is 0 Å². The van der Waals surface area contributed by atoms with E-state index in [4.69, 9.17) is 9.72 Å². The summed E-state index contributed by atoms with van der Waals surface area (Å²) in [6.45, 7) is -0.0154. The second-order valence-corrected chi connectivity index (χ2v) is 10.8. The quantitative estimate of drug-likeness (QED) is 0.132. The number of benzene rings is 5. The van der Waals surface area contributed by atoms with Gasteiger partial charge in [0.05, 0.1) is 17.7 Å². The van der Waals surface area contributed by atoms with Crippen LogP contribution in [0.2, 0.25) is 0 Å². The number of amides is 2. The van der Waals surface area contributed by atoms with Crippen molar-refractivity contribution in [1.82, 2.24) is 9.88 Å². The summed E-state index contributed by atoms with van der Waals surface area (Å²) >= 11 is 0. The van der Waals surface area contributed by atoms with Crippen LogP contribution in [-0.2, 0) is 6.54 Å². The smallest absolute Gasteiger partial charge is 0.265 e. The van der Waals surface area contributed by atoms with Gasteiger partial charge >= 0.3 is 0 Å². The highest BCUT2D eigenvalue weighted by molar-refractivity contribution is 6.27. The molecule has 0 N–H and O–H groups in total. The van der Waals surface area contributed by atoms with Crippen molar-refractivity contribution in [3.05, 3.63) is 178 Å². The van der Waals surface area contributed by atoms with Crippen LogP contribution in [0.15, 0.2) is 134 Å². The molecule has 1 aromatic heterocycles. The van der Waals surface area contributed by atoms with Gasteiger partial charge in [0.2, 0.25) is 0 Å². The number of halogens is 1. The van der Waals surface area contributed by atoms with Crippen molar-refractivity contribution in [2.45, 2.75) is 12.6 Å². The molecule has 0 saturated carbocycles. The summed E-state index contributed by atoms with van der Waals surface area (Å²) in [6.07, 6.45) is 4.85. The number of carbonyl (C=O) groups is 2. The first kappa shape index (κ1) is 27.9. The van der Waals surface area contributed by atoms with E-state index in [1.807, 2.05) is 115 Å². The lowest BCUT2D eigenvalue weighted by Crippen LogP contribution is -2.29. The third-order valence-electron chi connectivity index (χ3n) is 7.91. The second kappa shape index (κ2) is 12.0. The molecule has 0 saturated heterocycles. The number of nitrogens with zero attached hydrogens (tertiary/aromatic N) is 2. The van der Waals surface area contributed by atoms with Gasteiger partial charge in [-0.2, -0.15) is 0 Å². The van der Waals surface area contributed by atoms with Crippen LogP contribution in [0.5, 0.6) is 5.75 Å². The Morgan fingerprint density at radius 3 is 1.93 bits per heavy atom. The lowest BCUT2D eigenvalue weighted by atomic mass is 9.94. The van der Waals surface area contributed by atoms with E-state index >= 15 is 0 Å². The predicted molar refractivity (Wildman–Crippen MR) is 173 cm³/mol. The first-order chi connectivity index (χ1) is 22.1. The lowest BCUT2D eigenvalue weighted by molar-refractivity contribution is 0.0640. The molecule has 1 aliphatic rings. The summed E-state index contributed by atoms with van der Waals surface area (Å²) in [5.74, 6) is -1.08. The summed E-state index contributed by atoms with van der Waals surface area (Å²) in [4.78, 5) is 34.5. The van der Waals surface area contributed by atoms with Crippen LogP contribution in [0.4, 0.5) is 4.39 Å². The van der Waals surface area contributed by atoms with E-state index in [0.717, 1.165) is 16.7 Å². The molecule has 0 spiro atoms. The minimum atomic E-state index is -0.582. The molecule has 45 heavy (non-hydrogen) atoms. The van der Waals surface area contributed by atoms with Gasteiger partial charge in [-0.05, 0) is 46.0 Å². The Morgan fingerprint density at radius 2 is 1.29 bits per heavy atom. The molecule has 0 unspecified atom stereocenters. The van der Waals surface area contributed by atoms with Crippen molar-refractivity contribution in [2.24, 2.45) is 0 Å². The van der Waals surface area contributed by atoms with Crippen LogP contribution in [-0.4, -0.2) is 21.7 Å². The Kier molecular flexibility index (Phi) is 7.46. The molecule has 0 atom stereocenters. The van der Waals surface area contributed by atoms with Gasteiger partial charge in [0.25, 0.3) is 11.8 Å². The van der Waals surface area contributed by atoms with Gasteiger partial charge in [0.1, 0.15) is 17.4 Å². The Bertz CT molecular complexity index is 2000. The summed E-state index contributed by atoms with van der Waals surface area (Å²) in [6, 6.07) is 38.7. The molecule has 6 heteroatoms. The molecule has 1 aliphatic heterocycles. The number of hydrogen-bond acceptors (Lipinski definition) is 4. The molecule has 0 aliphatic carbocycles. The lowest BCUT2D eigenvalue weighted by Gasteiger charge is -2.23. The van der Waals surface area contributed by atoms with Gasteiger partial charge in [0.15, 0.2) is 5.75 Å². The molecule has 0 radical (unpaired) electrons. The fourth-order valence-corrected chi connectivity index (χ4v) is 5.74. The van der Waals surface area contributed by atoms with Gasteiger partial charge in [-0.3, -0.25) is 19.5 Å². The topological polar surface area (TPSA) is 59.5 Å². The molecule has 0 bridgehead atoms. The van der Waals surface area contributed by atoms with E-state index in [1.165, 1.54) is 17.0 Å². The number of hydrogen-bond donors (Lipinski definition) is 0. The van der Waals surface area contributed by atoms with Crippen molar-refractivity contribution >= 4 is 34.9 Å². The van der Waals surface area contributed by atoms with Gasteiger partial charge in [0, 0.05) is 11.6 Å². The molecular formula is C39H27FN2O3. The predicted octanol–water partition coefficient (Wildman–Crippen LogP) is 8.51. The van der Waals surface area contributed by atoms with Gasteiger partial charge < -0.3 is 4.74 Å². The maximum Gasteiger partial charge on any atom is 0.265 e. The van der Waals surface area contributed by atoms with Crippen LogP contribution < -0.4 is 4.74 Å². The SMILES string of the molecule is O=C1c2c(c(OC(c3ccccc3)c3ccccc3)c3ncccc3c2/C=C/c2ccccc2)C(=O)N1Cc1ccc(F)cc1. The molecule has 2 heterocycles. The Labute approximate surface area is 259 Å². The van der Waals surface area contributed by atoms with E-state index in [1.54, 1.807) is 18.3 Å². The average molecular weight is 591 g/mol. The Balaban J connectivity index is 1.44. The number of rotatable bonds is 8. The maximum absolute atomic E-state index is 14.3. The minimum Gasteiger partial charge on any atom is -0.478 e. The summed E-state index contributed by atoms with van der Waals surface area (Å²) in [5.41, 5.74) is 4.82. The van der Waals surface area contributed by atoms with Crippen molar-refractivity contribution in [3.8, 4) is 5.75 Å². The zero-order valence-corrected chi connectivity index (χ0v) is 24.1. The van der Waals surface area contributed by atoms with E-state index < -0.39 is 23.7 Å². The zero-order chi connectivity index (χ0) is 30.8. The normalized spacial score (nSPS) is 12.8. The molecular weight excluding hydrogens is 563 g/mol. The summed E-state index contributed by atoms with van der Waals surface area (Å²) in [5, 5.41) is 0.683. The van der Waals surface area contributed by atoms with E-state index in [9.17, 15) is 14.0 Å². The zero-order valence-electron chi connectivity index (χ0n) is 24.1. The van der Waals surface area contributed by atoms with E-state index in [-0.39, 0.29) is 23.4 Å². The number of ether oxygens (including phenoxy) is 1. The number of imide groups is 1. The Hall–Kier alpha value is -5.88. The number of aromatic nitrogens is 1. The highest BCUT2D eigenvalue weighted by Crippen LogP contribution is 2.44. The average Bonchev–Trinajstić information content (AvgIpc) is 3.33. The Morgan fingerprint density at radius 1 is 0.689 bits per heavy atom. The first-order valence-corrected chi connectivity index (χ1v) is 14.6. The molecule has 6 aromatic rings. The number of carbonyl (C=O) groups excluding carboxylic acids is 2. The molecule has 2 amide bonds. The fraction of sp³-hybridized carbons (Fsp3) is 0.0513. The monoisotopic (exact) mass is 590 g/mol. The van der Waals surface area contributed by atoms with Crippen LogP contribution in [0, 0.1) is 5.82 Å². The van der Waals surface area contributed by atoms with E-state index in [2.05, 4.69) is 0 Å². The third kappa shape index (κ3) is 5.38. The van der Waals surface area contributed by atoms with Crippen LogP contribution in [0.1, 0.15) is 54.6 Å². The standard InChI is InChI=1S/C39H27FN2O3/c40-30-21-18-27(19-22-30)25-42-38(43)33-31(23-20-26-11-4-1-5-12-26)32-17-10-24-41-35(32)37(34(33)39(42)44)45-36(28-13-6-2-7-14-28)29-15-8-3-9-16-29/h1-24,36H,25H2/b23-20+. The van der Waals surface area contributed by atoms with Gasteiger partial charge in [-0.25, -0.2) is 4.39 Å². The highest BCUT2D eigenvalue weighted by Gasteiger charge is 2.42. The third-order valence-corrected chi connectivity index (χ3v) is 7.91. The maximum atomic E-state index is 14.3. The van der Waals surface area contributed by atoms with Crippen molar-refractivity contribution in [3.63, 3.8) is 0 Å². The van der Waals surface area contributed by atoms with E-state index in [0.29, 0.717) is 22.0 Å². The molecule has 218 valence electrons. The van der Waals surface area contributed by atoms with Crippen LogP contribution in [0.3, 0.4) is 0 Å². The summed E-state index contributed by atoms with van der Waals surface area (Å²) in [7, 11) is 0. The molecule has 5 aromatic carbocycles. The number of fused-ring (bicyclic) bond motifs is 2. The second-order valence-electron chi connectivity index (χ2n) is 10.8. The van der Waals surface area contributed by atoms with Crippen molar-refractivity contribution < 1.29 is 18.7 Å². The van der Waals surface area contributed by atoms with Gasteiger partial charge in [-0.1, -0.05) is 121 Å². The van der Waals surface area contributed by atoms with Crippen LogP contribution >= 0.6 is 0 Å². The van der Waals surface area contributed by atoms with Crippen LogP contribution in [0.25, 0.3) is 23.1 Å². The number of pyridine rings is 1.